The molecule has 4 amide bonds. The van der Waals surface area contributed by atoms with Crippen molar-refractivity contribution in [3.8, 4) is 0 Å². The number of allylic oxidation sites excluding steroid dienone is 3. The highest BCUT2D eigenvalue weighted by Crippen LogP contribution is 2.28. The fraction of sp³-hybridized carbons (Fsp3) is 0.722. The minimum absolute atomic E-state index is 0.00230. The lowest BCUT2D eigenvalue weighted by Gasteiger charge is -2.25. The van der Waals surface area contributed by atoms with Gasteiger partial charge in [-0.15, -0.1) is 0 Å². The standard InChI is InChI=1S/C36H61N7O8/c1-2-3-4-5-6-7-11-15-31(44)39-21-20-38-24-27(37)34(48)43-30(22-25-23-41-28-14-10-8-9-13-26(25)28)35(49)40-19-18-29(36(50)51)42-32(45)16-12-17-33(46)47/h10,13-14,25,27,29-30,36,38,50-51H,2-9,11-12,15-24,37H2,1H3,(H,39,44)(H,40,49)(H,42,45)(H,43,48)(H,46,47). The highest BCUT2D eigenvalue weighted by atomic mass is 16.5. The van der Waals surface area contributed by atoms with Crippen LogP contribution in [0.2, 0.25) is 0 Å². The van der Waals surface area contributed by atoms with E-state index in [0.717, 1.165) is 43.4 Å². The summed E-state index contributed by atoms with van der Waals surface area (Å²) in [6, 6.07) is -3.04. The number of hydrogen-bond acceptors (Lipinski definition) is 10. The molecule has 51 heavy (non-hydrogen) atoms. The lowest BCUT2D eigenvalue weighted by atomic mass is 9.90. The normalized spacial score (nSPS) is 17.0. The second kappa shape index (κ2) is 25.3. The Morgan fingerprint density at radius 1 is 0.863 bits per heavy atom. The molecule has 0 saturated carbocycles. The van der Waals surface area contributed by atoms with Crippen LogP contribution >= 0.6 is 0 Å². The summed E-state index contributed by atoms with van der Waals surface area (Å²) in [7, 11) is 0. The number of hydrogen-bond donors (Lipinski definition) is 9. The second-order valence-electron chi connectivity index (χ2n) is 13.3. The van der Waals surface area contributed by atoms with Gasteiger partial charge in [0.2, 0.25) is 23.6 Å². The van der Waals surface area contributed by atoms with Gasteiger partial charge < -0.3 is 47.6 Å². The molecular formula is C36H61N7O8. The van der Waals surface area contributed by atoms with E-state index in [1.165, 1.54) is 25.7 Å². The molecule has 0 aromatic rings. The van der Waals surface area contributed by atoms with Gasteiger partial charge in [0.1, 0.15) is 6.04 Å². The first-order valence-electron chi connectivity index (χ1n) is 18.6. The number of carboxylic acids is 1. The van der Waals surface area contributed by atoms with E-state index in [2.05, 4.69) is 50.7 Å². The van der Waals surface area contributed by atoms with E-state index < -0.39 is 48.1 Å². The van der Waals surface area contributed by atoms with Crippen molar-refractivity contribution in [1.29, 1.82) is 0 Å². The Morgan fingerprint density at radius 3 is 2.31 bits per heavy atom. The number of aliphatic carboxylic acids is 1. The third kappa shape index (κ3) is 18.4. The van der Waals surface area contributed by atoms with Crippen LogP contribution in [-0.4, -0.2) is 108 Å². The molecule has 10 N–H and O–H groups in total. The number of aliphatic imine (C=N–C) groups is 1. The van der Waals surface area contributed by atoms with Crippen molar-refractivity contribution in [3.63, 3.8) is 0 Å². The Morgan fingerprint density at radius 2 is 1.59 bits per heavy atom. The fourth-order valence-corrected chi connectivity index (χ4v) is 5.97. The van der Waals surface area contributed by atoms with Crippen molar-refractivity contribution in [2.75, 3.05) is 32.7 Å². The molecule has 15 nitrogen and oxygen atoms in total. The van der Waals surface area contributed by atoms with E-state index in [-0.39, 0.29) is 57.0 Å². The maximum Gasteiger partial charge on any atom is 0.303 e. The molecule has 1 aliphatic carbocycles. The van der Waals surface area contributed by atoms with Crippen molar-refractivity contribution in [2.24, 2.45) is 16.6 Å². The first kappa shape index (κ1) is 43.5. The van der Waals surface area contributed by atoms with Gasteiger partial charge in [0, 0.05) is 57.9 Å². The molecule has 1 aliphatic heterocycles. The third-order valence-corrected chi connectivity index (χ3v) is 8.93. The number of unbranched alkanes of at least 4 members (excludes halogenated alkanes) is 6. The number of aliphatic hydroxyl groups excluding tert-OH is 1. The first-order chi connectivity index (χ1) is 24.5. The summed E-state index contributed by atoms with van der Waals surface area (Å²) in [6.45, 7) is 3.56. The van der Waals surface area contributed by atoms with Crippen molar-refractivity contribution in [1.82, 2.24) is 26.6 Å². The van der Waals surface area contributed by atoms with Gasteiger partial charge in [-0.25, -0.2) is 0 Å². The van der Waals surface area contributed by atoms with Crippen LogP contribution in [-0.2, 0) is 24.0 Å². The molecule has 0 aromatic heterocycles. The van der Waals surface area contributed by atoms with Gasteiger partial charge in [-0.1, -0.05) is 57.6 Å². The SMILES string of the molecule is CCCCCCCCCC(=O)NCCNCC(N)C(=O)NC(CC1CN=C2C=CCCC=C21)C(=O)NCCC(NC(=O)CCCC(=O)O)C(O)O. The predicted octanol–water partition coefficient (Wildman–Crippen LogP) is 0.939. The van der Waals surface area contributed by atoms with Crippen LogP contribution in [0.15, 0.2) is 28.8 Å². The lowest BCUT2D eigenvalue weighted by molar-refractivity contribution is -0.137. The average molecular weight is 720 g/mol. The maximum atomic E-state index is 13.5. The molecule has 2 aliphatic rings. The number of carboxylic acid groups (broad SMARTS) is 1. The van der Waals surface area contributed by atoms with Crippen LogP contribution in [0, 0.1) is 5.92 Å². The summed E-state index contributed by atoms with van der Waals surface area (Å²) in [5, 5.41) is 42.2. The fourth-order valence-electron chi connectivity index (χ4n) is 5.97. The summed E-state index contributed by atoms with van der Waals surface area (Å²) in [5.74, 6) is -2.71. The molecule has 4 atom stereocenters. The molecule has 0 radical (unpaired) electrons. The van der Waals surface area contributed by atoms with E-state index in [4.69, 9.17) is 10.8 Å². The summed E-state index contributed by atoms with van der Waals surface area (Å²) in [5.41, 5.74) is 8.08. The van der Waals surface area contributed by atoms with Crippen molar-refractivity contribution < 1.29 is 39.3 Å². The maximum absolute atomic E-state index is 13.5. The minimum atomic E-state index is -1.91. The Hall–Kier alpha value is -3.66. The summed E-state index contributed by atoms with van der Waals surface area (Å²) in [4.78, 5) is 66.2. The van der Waals surface area contributed by atoms with Crippen molar-refractivity contribution in [2.45, 2.75) is 128 Å². The Kier molecular flexibility index (Phi) is 21.6. The molecule has 288 valence electrons. The molecule has 0 spiro atoms. The van der Waals surface area contributed by atoms with Crippen LogP contribution in [0.1, 0.15) is 103 Å². The smallest absolute Gasteiger partial charge is 0.303 e. The minimum Gasteiger partial charge on any atom is -0.481 e. The van der Waals surface area contributed by atoms with E-state index in [1.54, 1.807) is 0 Å². The third-order valence-electron chi connectivity index (χ3n) is 8.93. The molecule has 4 unspecified atom stereocenters. The van der Waals surface area contributed by atoms with E-state index >= 15 is 0 Å². The van der Waals surface area contributed by atoms with Crippen LogP contribution in [0.4, 0.5) is 0 Å². The topological polar surface area (TPSA) is 245 Å². The molecule has 15 heteroatoms. The van der Waals surface area contributed by atoms with Crippen LogP contribution in [0.5, 0.6) is 0 Å². The molecule has 0 bridgehead atoms. The number of fused-ring (bicyclic) bond motifs is 1. The van der Waals surface area contributed by atoms with E-state index in [1.807, 2.05) is 6.08 Å². The Bertz CT molecular complexity index is 1210. The number of amides is 4. The first-order valence-corrected chi connectivity index (χ1v) is 18.6. The number of rotatable bonds is 27. The van der Waals surface area contributed by atoms with Gasteiger partial charge in [0.15, 0.2) is 6.29 Å². The molecule has 0 fully saturated rings. The average Bonchev–Trinajstić information content (AvgIpc) is 3.30. The predicted molar refractivity (Wildman–Crippen MR) is 195 cm³/mol. The van der Waals surface area contributed by atoms with E-state index in [9.17, 15) is 34.2 Å². The van der Waals surface area contributed by atoms with Gasteiger partial charge >= 0.3 is 5.97 Å². The van der Waals surface area contributed by atoms with Crippen LogP contribution in [0.25, 0.3) is 0 Å². The molecule has 0 aromatic carbocycles. The number of nitrogens with zero attached hydrogens (tertiary/aromatic N) is 1. The molecule has 2 rings (SSSR count). The quantitative estimate of drug-likeness (QED) is 0.0430. The zero-order chi connectivity index (χ0) is 37.4. The molecule has 1 heterocycles. The number of carbonyl (C=O) groups is 5. The van der Waals surface area contributed by atoms with Gasteiger partial charge in [-0.05, 0) is 50.2 Å². The number of carbonyl (C=O) groups excluding carboxylic acids is 4. The number of nitrogens with one attached hydrogen (secondary N) is 5. The molecule has 0 saturated heterocycles. The summed E-state index contributed by atoms with van der Waals surface area (Å²) >= 11 is 0. The lowest BCUT2D eigenvalue weighted by Crippen LogP contribution is -2.55. The van der Waals surface area contributed by atoms with Crippen molar-refractivity contribution in [3.05, 3.63) is 23.8 Å². The summed E-state index contributed by atoms with van der Waals surface area (Å²) < 4.78 is 0. The zero-order valence-electron chi connectivity index (χ0n) is 30.2. The second-order valence-corrected chi connectivity index (χ2v) is 13.3. The van der Waals surface area contributed by atoms with Gasteiger partial charge in [-0.3, -0.25) is 29.0 Å². The van der Waals surface area contributed by atoms with E-state index in [0.29, 0.717) is 26.1 Å². The number of aliphatic hydroxyl groups is 2. The van der Waals surface area contributed by atoms with Gasteiger partial charge in [0.25, 0.3) is 0 Å². The molecular weight excluding hydrogens is 658 g/mol. The highest BCUT2D eigenvalue weighted by molar-refractivity contribution is 6.10. The number of nitrogens with two attached hydrogens (primary N) is 1. The zero-order valence-corrected chi connectivity index (χ0v) is 30.2. The van der Waals surface area contributed by atoms with Crippen molar-refractivity contribution >= 4 is 35.3 Å². The Balaban J connectivity index is 1.86. The van der Waals surface area contributed by atoms with Gasteiger partial charge in [0.05, 0.1) is 17.8 Å². The van der Waals surface area contributed by atoms with Crippen LogP contribution in [0.3, 0.4) is 0 Å². The Labute approximate surface area is 301 Å². The monoisotopic (exact) mass is 719 g/mol. The highest BCUT2D eigenvalue weighted by Gasteiger charge is 2.32. The summed E-state index contributed by atoms with van der Waals surface area (Å²) in [6.07, 6.45) is 14.5. The van der Waals surface area contributed by atoms with Gasteiger partial charge in [-0.2, -0.15) is 0 Å². The van der Waals surface area contributed by atoms with Crippen LogP contribution < -0.4 is 32.3 Å². The largest absolute Gasteiger partial charge is 0.481 e.